The van der Waals surface area contributed by atoms with Gasteiger partial charge in [-0.25, -0.2) is 0 Å². The van der Waals surface area contributed by atoms with E-state index in [-0.39, 0.29) is 58.8 Å². The van der Waals surface area contributed by atoms with Crippen LogP contribution in [0.25, 0.3) is 0 Å². The van der Waals surface area contributed by atoms with Crippen LogP contribution in [0.5, 0.6) is 0 Å². The van der Waals surface area contributed by atoms with Crippen LogP contribution >= 0.6 is 0 Å². The van der Waals surface area contributed by atoms with Gasteiger partial charge in [-0.15, -0.1) is 0 Å². The summed E-state index contributed by atoms with van der Waals surface area (Å²) in [5.74, 6) is 1.80. The zero-order chi connectivity index (χ0) is 24.8. The minimum Gasteiger partial charge on any atom is -0.462 e. The molecule has 1 N–H and O–H groups in total. The standard InChI is InChI=1S/C29H44O5/c1-17(16-30)6-9-25(33)18(2)27-26(34-19(3)31)15-24-22-8-7-20-14-21(32)10-12-28(20,4)23(22)11-13-29(24,27)5/h14,17-18,22-24,26-27,30H,6-13,15-16H2,1-5H3/t17?,18-,22-,23+,24+,26?,27+,28+,29+/m1/s1. The van der Waals surface area contributed by atoms with Gasteiger partial charge in [-0.3, -0.25) is 14.4 Å². The number of carbonyl (C=O) groups excluding carboxylic acids is 3. The van der Waals surface area contributed by atoms with Crippen molar-refractivity contribution in [3.05, 3.63) is 11.6 Å². The monoisotopic (exact) mass is 472 g/mol. The van der Waals surface area contributed by atoms with Crippen LogP contribution in [0.1, 0.15) is 92.4 Å². The van der Waals surface area contributed by atoms with E-state index in [9.17, 15) is 19.5 Å². The minimum absolute atomic E-state index is 0.0268. The highest BCUT2D eigenvalue weighted by molar-refractivity contribution is 5.91. The molecule has 0 bridgehead atoms. The Balaban J connectivity index is 1.61. The molecule has 0 aromatic carbocycles. The maximum Gasteiger partial charge on any atom is 0.302 e. The summed E-state index contributed by atoms with van der Waals surface area (Å²) in [6.07, 6.45) is 9.61. The molecule has 0 spiro atoms. The van der Waals surface area contributed by atoms with Crippen molar-refractivity contribution in [3.8, 4) is 0 Å². The molecule has 5 nitrogen and oxygen atoms in total. The second-order valence-corrected chi connectivity index (χ2v) is 12.5. The predicted octanol–water partition coefficient (Wildman–Crippen LogP) is 5.29. The van der Waals surface area contributed by atoms with Crippen LogP contribution in [0.4, 0.5) is 0 Å². The van der Waals surface area contributed by atoms with Gasteiger partial charge in [0.2, 0.25) is 0 Å². The number of hydrogen-bond donors (Lipinski definition) is 1. The van der Waals surface area contributed by atoms with E-state index in [0.717, 1.165) is 38.5 Å². The molecule has 0 saturated heterocycles. The zero-order valence-corrected chi connectivity index (χ0v) is 21.8. The highest BCUT2D eigenvalue weighted by Crippen LogP contribution is 2.68. The van der Waals surface area contributed by atoms with Gasteiger partial charge >= 0.3 is 5.97 Å². The van der Waals surface area contributed by atoms with Gasteiger partial charge in [0.15, 0.2) is 5.78 Å². The molecule has 190 valence electrons. The lowest BCUT2D eigenvalue weighted by Crippen LogP contribution is -2.51. The van der Waals surface area contributed by atoms with E-state index in [1.807, 2.05) is 19.9 Å². The lowest BCUT2D eigenvalue weighted by atomic mass is 9.46. The van der Waals surface area contributed by atoms with Crippen molar-refractivity contribution in [2.24, 2.45) is 46.3 Å². The highest BCUT2D eigenvalue weighted by Gasteiger charge is 2.63. The Morgan fingerprint density at radius 3 is 2.56 bits per heavy atom. The van der Waals surface area contributed by atoms with E-state index in [0.29, 0.717) is 37.0 Å². The summed E-state index contributed by atoms with van der Waals surface area (Å²) in [5.41, 5.74) is 1.44. The third-order valence-corrected chi connectivity index (χ3v) is 10.6. The number of Topliss-reactive ketones (excluding diaryl/α,β-unsaturated/α-hetero) is 1. The molecule has 0 amide bonds. The summed E-state index contributed by atoms with van der Waals surface area (Å²) in [6.45, 7) is 10.3. The molecule has 4 aliphatic carbocycles. The Morgan fingerprint density at radius 2 is 1.88 bits per heavy atom. The highest BCUT2D eigenvalue weighted by atomic mass is 16.5. The largest absolute Gasteiger partial charge is 0.462 e. The van der Waals surface area contributed by atoms with Gasteiger partial charge in [0, 0.05) is 38.2 Å². The lowest BCUT2D eigenvalue weighted by molar-refractivity contribution is -0.152. The molecule has 0 aromatic heterocycles. The maximum atomic E-state index is 13.3. The van der Waals surface area contributed by atoms with E-state index in [2.05, 4.69) is 13.8 Å². The van der Waals surface area contributed by atoms with E-state index in [4.69, 9.17) is 4.74 Å². The van der Waals surface area contributed by atoms with E-state index in [1.54, 1.807) is 0 Å². The molecule has 3 fully saturated rings. The summed E-state index contributed by atoms with van der Waals surface area (Å²) in [5, 5.41) is 9.37. The molecule has 0 aliphatic heterocycles. The summed E-state index contributed by atoms with van der Waals surface area (Å²) >= 11 is 0. The van der Waals surface area contributed by atoms with Crippen molar-refractivity contribution in [2.45, 2.75) is 98.5 Å². The molecule has 2 unspecified atom stereocenters. The number of aliphatic hydroxyl groups is 1. The maximum absolute atomic E-state index is 13.3. The second-order valence-electron chi connectivity index (χ2n) is 12.5. The quantitative estimate of drug-likeness (QED) is 0.509. The molecular weight excluding hydrogens is 428 g/mol. The van der Waals surface area contributed by atoms with E-state index >= 15 is 0 Å². The molecule has 34 heavy (non-hydrogen) atoms. The molecular formula is C29H44O5. The molecule has 5 heteroatoms. The van der Waals surface area contributed by atoms with Crippen LogP contribution in [0.2, 0.25) is 0 Å². The number of ether oxygens (including phenoxy) is 1. The van der Waals surface area contributed by atoms with Crippen molar-refractivity contribution < 1.29 is 24.2 Å². The Morgan fingerprint density at radius 1 is 1.15 bits per heavy atom. The average Bonchev–Trinajstić information content (AvgIpc) is 3.08. The number of esters is 1. The Kier molecular flexibility index (Phi) is 7.17. The number of hydrogen-bond acceptors (Lipinski definition) is 5. The van der Waals surface area contributed by atoms with E-state index in [1.165, 1.54) is 12.5 Å². The van der Waals surface area contributed by atoms with Gasteiger partial charge in [-0.1, -0.05) is 33.3 Å². The molecule has 0 radical (unpaired) electrons. The van der Waals surface area contributed by atoms with E-state index < -0.39 is 0 Å². The fourth-order valence-corrected chi connectivity index (χ4v) is 8.72. The van der Waals surface area contributed by atoms with Gasteiger partial charge in [0.05, 0.1) is 0 Å². The van der Waals surface area contributed by atoms with Gasteiger partial charge in [0.25, 0.3) is 0 Å². The molecule has 0 aromatic rings. The SMILES string of the molecule is CC(=O)OC1C[C@H]2[C@@H]3CCC4=CC(=O)CC[C@]4(C)[C@H]3CC[C@]2(C)[C@H]1[C@H](C)C(=O)CCC(C)CO. The lowest BCUT2D eigenvalue weighted by Gasteiger charge is -2.58. The van der Waals surface area contributed by atoms with Crippen LogP contribution in [0.15, 0.2) is 11.6 Å². The van der Waals surface area contributed by atoms with Crippen LogP contribution in [0, 0.1) is 46.3 Å². The van der Waals surface area contributed by atoms with Gasteiger partial charge in [0.1, 0.15) is 11.9 Å². The third kappa shape index (κ3) is 4.31. The first kappa shape index (κ1) is 25.6. The second kappa shape index (κ2) is 9.52. The average molecular weight is 473 g/mol. The van der Waals surface area contributed by atoms with Crippen LogP contribution < -0.4 is 0 Å². The number of carbonyl (C=O) groups is 3. The topological polar surface area (TPSA) is 80.7 Å². The third-order valence-electron chi connectivity index (χ3n) is 10.6. The Hall–Kier alpha value is -1.49. The summed E-state index contributed by atoms with van der Waals surface area (Å²) in [7, 11) is 0. The van der Waals surface area contributed by atoms with Crippen LogP contribution in [-0.4, -0.2) is 35.4 Å². The normalized spacial score (nSPS) is 40.9. The minimum atomic E-state index is -0.256. The molecule has 0 heterocycles. The first-order valence-electron chi connectivity index (χ1n) is 13.6. The van der Waals surface area contributed by atoms with Crippen molar-refractivity contribution in [1.29, 1.82) is 0 Å². The fraction of sp³-hybridized carbons (Fsp3) is 0.828. The van der Waals surface area contributed by atoms with Crippen molar-refractivity contribution >= 4 is 17.5 Å². The predicted molar refractivity (Wildman–Crippen MR) is 131 cm³/mol. The number of fused-ring (bicyclic) bond motifs is 5. The number of ketones is 2. The van der Waals surface area contributed by atoms with Gasteiger partial charge in [-0.2, -0.15) is 0 Å². The molecule has 4 rings (SSSR count). The first-order chi connectivity index (χ1) is 16.0. The summed E-state index contributed by atoms with van der Waals surface area (Å²) in [6, 6.07) is 0. The summed E-state index contributed by atoms with van der Waals surface area (Å²) < 4.78 is 5.94. The number of allylic oxidation sites excluding steroid dienone is 1. The number of rotatable bonds is 7. The fourth-order valence-electron chi connectivity index (χ4n) is 8.72. The zero-order valence-electron chi connectivity index (χ0n) is 21.8. The molecule has 9 atom stereocenters. The Labute approximate surface area is 205 Å². The van der Waals surface area contributed by atoms with Crippen LogP contribution in [-0.2, 0) is 19.1 Å². The molecule has 3 saturated carbocycles. The van der Waals surface area contributed by atoms with Crippen molar-refractivity contribution in [1.82, 2.24) is 0 Å². The molecule has 4 aliphatic rings. The number of aliphatic hydroxyl groups excluding tert-OH is 1. The van der Waals surface area contributed by atoms with Gasteiger partial charge < -0.3 is 9.84 Å². The van der Waals surface area contributed by atoms with Gasteiger partial charge in [-0.05, 0) is 85.5 Å². The van der Waals surface area contributed by atoms with Crippen molar-refractivity contribution in [2.75, 3.05) is 6.61 Å². The van der Waals surface area contributed by atoms with Crippen molar-refractivity contribution in [3.63, 3.8) is 0 Å². The van der Waals surface area contributed by atoms with Crippen LogP contribution in [0.3, 0.4) is 0 Å². The first-order valence-corrected chi connectivity index (χ1v) is 13.6. The smallest absolute Gasteiger partial charge is 0.302 e. The summed E-state index contributed by atoms with van der Waals surface area (Å²) in [4.78, 5) is 37.5. The Bertz CT molecular complexity index is 861.